The first-order valence-electron chi connectivity index (χ1n) is 2.25. The minimum atomic E-state index is -4.21. The first-order valence-corrected chi connectivity index (χ1v) is 4.01. The van der Waals surface area contributed by atoms with Gasteiger partial charge in [-0.1, -0.05) is 10.7 Å². The highest BCUT2D eigenvalue weighted by molar-refractivity contribution is 7.86. The molecule has 6 heteroatoms. The molecule has 10 heavy (non-hydrogen) atoms. The molecule has 0 heterocycles. The fraction of sp³-hybridized carbons (Fsp3) is 0.750. The van der Waals surface area contributed by atoms with Gasteiger partial charge in [-0.15, -0.1) is 0 Å². The van der Waals surface area contributed by atoms with E-state index in [0.29, 0.717) is 0 Å². The SMILES string of the molecule is CS(CC(F)(F)F)=NC#N. The molecule has 0 N–H and O–H groups in total. The first kappa shape index (κ1) is 9.43. The smallest absolute Gasteiger partial charge is 0.170 e. The number of alkyl halides is 3. The second-order valence-corrected chi connectivity index (χ2v) is 3.22. The summed E-state index contributed by atoms with van der Waals surface area (Å²) >= 11 is 0. The van der Waals surface area contributed by atoms with Gasteiger partial charge >= 0.3 is 6.18 Å². The van der Waals surface area contributed by atoms with Crippen molar-refractivity contribution in [2.24, 2.45) is 4.36 Å². The third-order valence-electron chi connectivity index (χ3n) is 0.569. The molecule has 0 amide bonds. The summed E-state index contributed by atoms with van der Waals surface area (Å²) in [5.74, 6) is -0.999. The quantitative estimate of drug-likeness (QED) is 0.549. The first-order chi connectivity index (χ1) is 4.45. The molecule has 1 atom stereocenters. The summed E-state index contributed by atoms with van der Waals surface area (Å²) in [4.78, 5) is 0. The molecule has 1 unspecified atom stereocenters. The van der Waals surface area contributed by atoms with Crippen LogP contribution in [-0.4, -0.2) is 18.2 Å². The Labute approximate surface area is 58.8 Å². The van der Waals surface area contributed by atoms with Gasteiger partial charge in [0, 0.05) is 0 Å². The number of nitriles is 1. The lowest BCUT2D eigenvalue weighted by molar-refractivity contribution is -0.105. The Hall–Kier alpha value is -0.570. The van der Waals surface area contributed by atoms with E-state index in [1.54, 1.807) is 0 Å². The van der Waals surface area contributed by atoms with Gasteiger partial charge in [-0.05, 0) is 6.26 Å². The Morgan fingerprint density at radius 1 is 1.60 bits per heavy atom. The summed E-state index contributed by atoms with van der Waals surface area (Å²) in [7, 11) is -1.20. The Kier molecular flexibility index (Phi) is 3.36. The van der Waals surface area contributed by atoms with Crippen molar-refractivity contribution < 1.29 is 13.2 Å². The molecule has 0 bridgehead atoms. The largest absolute Gasteiger partial charge is 0.398 e. The van der Waals surface area contributed by atoms with Gasteiger partial charge in [-0.3, -0.25) is 0 Å². The molecule has 0 saturated carbocycles. The van der Waals surface area contributed by atoms with Gasteiger partial charge < -0.3 is 0 Å². The number of halogens is 3. The van der Waals surface area contributed by atoms with Crippen molar-refractivity contribution in [2.75, 3.05) is 12.0 Å². The topological polar surface area (TPSA) is 36.1 Å². The summed E-state index contributed by atoms with van der Waals surface area (Å²) in [6, 6.07) is 0. The van der Waals surface area contributed by atoms with Crippen LogP contribution in [0.4, 0.5) is 13.2 Å². The molecule has 0 aromatic carbocycles. The van der Waals surface area contributed by atoms with Crippen LogP contribution in [0.3, 0.4) is 0 Å². The van der Waals surface area contributed by atoms with Gasteiger partial charge in [0.1, 0.15) is 5.75 Å². The molecule has 0 aromatic rings. The second kappa shape index (κ2) is 3.56. The molecule has 0 aliphatic heterocycles. The van der Waals surface area contributed by atoms with Crippen LogP contribution in [0, 0.1) is 11.5 Å². The van der Waals surface area contributed by atoms with Crippen molar-refractivity contribution in [1.82, 2.24) is 0 Å². The molecule has 58 valence electrons. The summed E-state index contributed by atoms with van der Waals surface area (Å²) in [6.45, 7) is 0. The summed E-state index contributed by atoms with van der Waals surface area (Å²) in [5.41, 5.74) is 0. The van der Waals surface area contributed by atoms with Crippen molar-refractivity contribution in [3.8, 4) is 6.19 Å². The fourth-order valence-corrected chi connectivity index (χ4v) is 1.02. The molecule has 0 aliphatic rings. The number of hydrogen-bond donors (Lipinski definition) is 0. The van der Waals surface area contributed by atoms with Crippen molar-refractivity contribution >= 4 is 10.7 Å². The number of rotatable bonds is 1. The highest BCUT2D eigenvalue weighted by Crippen LogP contribution is 2.15. The van der Waals surface area contributed by atoms with Crippen molar-refractivity contribution in [1.29, 1.82) is 5.26 Å². The van der Waals surface area contributed by atoms with Crippen LogP contribution in [0.1, 0.15) is 0 Å². The highest BCUT2D eigenvalue weighted by Gasteiger charge is 2.27. The maximum absolute atomic E-state index is 11.5. The highest BCUT2D eigenvalue weighted by atomic mass is 32.2. The Morgan fingerprint density at radius 2 is 2.10 bits per heavy atom. The third-order valence-corrected chi connectivity index (χ3v) is 1.71. The molecule has 0 fully saturated rings. The normalized spacial score (nSPS) is 14.7. The molecule has 0 saturated heterocycles. The van der Waals surface area contributed by atoms with Crippen molar-refractivity contribution in [3.63, 3.8) is 0 Å². The van der Waals surface area contributed by atoms with Crippen LogP contribution < -0.4 is 0 Å². The van der Waals surface area contributed by atoms with Crippen LogP contribution in [-0.2, 0) is 10.7 Å². The van der Waals surface area contributed by atoms with E-state index < -0.39 is 22.6 Å². The van der Waals surface area contributed by atoms with E-state index in [2.05, 4.69) is 4.36 Å². The van der Waals surface area contributed by atoms with E-state index >= 15 is 0 Å². The average molecular weight is 170 g/mol. The minimum Gasteiger partial charge on any atom is -0.170 e. The van der Waals surface area contributed by atoms with E-state index in [-0.39, 0.29) is 0 Å². The van der Waals surface area contributed by atoms with Gasteiger partial charge in [0.25, 0.3) is 0 Å². The van der Waals surface area contributed by atoms with Gasteiger partial charge in [0.2, 0.25) is 6.19 Å². The van der Waals surface area contributed by atoms with Crippen LogP contribution >= 0.6 is 0 Å². The lowest BCUT2D eigenvalue weighted by Crippen LogP contribution is -2.17. The van der Waals surface area contributed by atoms with Crippen LogP contribution in [0.2, 0.25) is 0 Å². The van der Waals surface area contributed by atoms with Crippen molar-refractivity contribution in [2.45, 2.75) is 6.18 Å². The molecule has 0 spiro atoms. The van der Waals surface area contributed by atoms with E-state index in [9.17, 15) is 13.2 Å². The van der Waals surface area contributed by atoms with E-state index in [1.165, 1.54) is 12.4 Å². The van der Waals surface area contributed by atoms with Crippen LogP contribution in [0.5, 0.6) is 0 Å². The molecule has 0 radical (unpaired) electrons. The number of nitrogens with zero attached hydrogens (tertiary/aromatic N) is 2. The van der Waals surface area contributed by atoms with Crippen LogP contribution in [0.15, 0.2) is 4.36 Å². The minimum absolute atomic E-state index is 0.999. The summed E-state index contributed by atoms with van der Waals surface area (Å²) in [5, 5.41) is 7.86. The van der Waals surface area contributed by atoms with E-state index in [1.807, 2.05) is 0 Å². The lowest BCUT2D eigenvalue weighted by Gasteiger charge is -2.03. The zero-order chi connectivity index (χ0) is 8.20. The zero-order valence-corrected chi connectivity index (χ0v) is 5.96. The standard InChI is InChI=1S/C4H5F3N2S/c1-10(9-3-8)2-4(5,6)7/h2H2,1H3. The summed E-state index contributed by atoms with van der Waals surface area (Å²) < 4.78 is 37.4. The van der Waals surface area contributed by atoms with Gasteiger partial charge in [0.15, 0.2) is 0 Å². The van der Waals surface area contributed by atoms with E-state index in [0.717, 1.165) is 0 Å². The molecule has 0 aliphatic carbocycles. The van der Waals surface area contributed by atoms with Crippen LogP contribution in [0.25, 0.3) is 0 Å². The van der Waals surface area contributed by atoms with Gasteiger partial charge in [0.05, 0.1) is 0 Å². The summed E-state index contributed by atoms with van der Waals surface area (Å²) in [6.07, 6.45) is -1.61. The Morgan fingerprint density at radius 3 is 2.40 bits per heavy atom. The molecule has 0 rings (SSSR count). The maximum atomic E-state index is 11.5. The lowest BCUT2D eigenvalue weighted by atomic mass is 10.8. The van der Waals surface area contributed by atoms with E-state index in [4.69, 9.17) is 5.26 Å². The zero-order valence-electron chi connectivity index (χ0n) is 5.14. The third kappa shape index (κ3) is 5.56. The fourth-order valence-electron chi connectivity index (χ4n) is 0.339. The Bertz CT molecular complexity index is 178. The molecular weight excluding hydrogens is 165 g/mol. The van der Waals surface area contributed by atoms with Gasteiger partial charge in [-0.2, -0.15) is 22.8 Å². The monoisotopic (exact) mass is 170 g/mol. The predicted molar refractivity (Wildman–Crippen MR) is 32.3 cm³/mol. The predicted octanol–water partition coefficient (Wildman–Crippen LogP) is 1.46. The molecular formula is C4H5F3N2S. The average Bonchev–Trinajstić information content (AvgIpc) is 1.59. The molecule has 2 nitrogen and oxygen atoms in total. The second-order valence-electron chi connectivity index (χ2n) is 1.55. The maximum Gasteiger partial charge on any atom is 0.398 e. The number of hydrogen-bond acceptors (Lipinski definition) is 2. The van der Waals surface area contributed by atoms with Gasteiger partial charge in [-0.25, -0.2) is 0 Å². The van der Waals surface area contributed by atoms with Crippen molar-refractivity contribution in [3.05, 3.63) is 0 Å². The molecule has 0 aromatic heterocycles. The Balaban J connectivity index is 3.95.